The molecule has 0 radical (unpaired) electrons. The molecule has 0 unspecified atom stereocenters. The molecule has 0 heterocycles. The molecule has 0 aliphatic carbocycles. The minimum absolute atomic E-state index is 0.0752. The second kappa shape index (κ2) is 6.85. The molecule has 0 spiro atoms. The molecule has 0 fully saturated rings. The van der Waals surface area contributed by atoms with Crippen LogP contribution in [0.25, 0.3) is 0 Å². The Bertz CT molecular complexity index is 663. The largest absolute Gasteiger partial charge is 0.504 e. The van der Waals surface area contributed by atoms with Crippen molar-refractivity contribution in [3.05, 3.63) is 53.1 Å². The molecule has 2 rings (SSSR count). The van der Waals surface area contributed by atoms with E-state index in [1.807, 2.05) is 32.0 Å². The first-order valence-corrected chi connectivity index (χ1v) is 6.98. The third kappa shape index (κ3) is 3.69. The van der Waals surface area contributed by atoms with Crippen LogP contribution in [0, 0.1) is 13.8 Å². The first-order chi connectivity index (χ1) is 10.5. The number of phenolic OH excluding ortho intramolecular Hbond substituents is 1. The molecule has 2 amide bonds. The Hall–Kier alpha value is -2.69. The van der Waals surface area contributed by atoms with E-state index >= 15 is 0 Å². The van der Waals surface area contributed by atoms with Crippen LogP contribution in [0.15, 0.2) is 36.4 Å². The third-order valence-electron chi connectivity index (χ3n) is 3.42. The molecule has 3 N–H and O–H groups in total. The quantitative estimate of drug-likeness (QED) is 0.811. The lowest BCUT2D eigenvalue weighted by Crippen LogP contribution is -2.28. The molecule has 0 bridgehead atoms. The number of para-hydroxylation sites is 1. The smallest absolute Gasteiger partial charge is 0.319 e. The molecule has 0 aromatic heterocycles. The van der Waals surface area contributed by atoms with Gasteiger partial charge in [-0.25, -0.2) is 4.79 Å². The zero-order valence-electron chi connectivity index (χ0n) is 12.9. The van der Waals surface area contributed by atoms with E-state index in [2.05, 4.69) is 10.6 Å². The molecule has 2 aromatic rings. The lowest BCUT2D eigenvalue weighted by Gasteiger charge is -2.13. The van der Waals surface area contributed by atoms with Crippen LogP contribution in [0.2, 0.25) is 0 Å². The van der Waals surface area contributed by atoms with Crippen LogP contribution in [-0.2, 0) is 6.54 Å². The Morgan fingerprint density at radius 1 is 1.18 bits per heavy atom. The van der Waals surface area contributed by atoms with Crippen molar-refractivity contribution in [2.45, 2.75) is 20.4 Å². The van der Waals surface area contributed by atoms with Gasteiger partial charge in [-0.1, -0.05) is 24.3 Å². The minimum Gasteiger partial charge on any atom is -0.504 e. The maximum atomic E-state index is 12.0. The zero-order chi connectivity index (χ0) is 16.1. The highest BCUT2D eigenvalue weighted by molar-refractivity contribution is 5.90. The number of carbonyl (C=O) groups is 1. The molecule has 5 nitrogen and oxygen atoms in total. The van der Waals surface area contributed by atoms with Gasteiger partial charge in [-0.3, -0.25) is 0 Å². The molecule has 2 aromatic carbocycles. The SMILES string of the molecule is COc1cc(CNC(=O)Nc2c(C)cccc2C)ccc1O. The lowest BCUT2D eigenvalue weighted by atomic mass is 10.1. The normalized spacial score (nSPS) is 10.1. The second-order valence-corrected chi connectivity index (χ2v) is 5.08. The van der Waals surface area contributed by atoms with Crippen molar-refractivity contribution in [1.82, 2.24) is 5.32 Å². The molecule has 22 heavy (non-hydrogen) atoms. The lowest BCUT2D eigenvalue weighted by molar-refractivity contribution is 0.251. The van der Waals surface area contributed by atoms with Gasteiger partial charge in [-0.15, -0.1) is 0 Å². The van der Waals surface area contributed by atoms with Crippen molar-refractivity contribution in [3.8, 4) is 11.5 Å². The molecule has 116 valence electrons. The fraction of sp³-hybridized carbons (Fsp3) is 0.235. The number of hydrogen-bond donors (Lipinski definition) is 3. The summed E-state index contributed by atoms with van der Waals surface area (Å²) in [5, 5.41) is 15.2. The zero-order valence-corrected chi connectivity index (χ0v) is 12.9. The van der Waals surface area contributed by atoms with E-state index in [0.717, 1.165) is 22.4 Å². The summed E-state index contributed by atoms with van der Waals surface area (Å²) in [6.07, 6.45) is 0. The number of benzene rings is 2. The molecule has 0 aliphatic heterocycles. The Kier molecular flexibility index (Phi) is 4.88. The van der Waals surface area contributed by atoms with Gasteiger partial charge in [0.25, 0.3) is 0 Å². The Balaban J connectivity index is 1.98. The van der Waals surface area contributed by atoms with Gasteiger partial charge in [-0.05, 0) is 42.7 Å². The Morgan fingerprint density at radius 2 is 1.86 bits per heavy atom. The van der Waals surface area contributed by atoms with Crippen LogP contribution >= 0.6 is 0 Å². The fourth-order valence-electron chi connectivity index (χ4n) is 2.18. The van der Waals surface area contributed by atoms with Gasteiger partial charge < -0.3 is 20.5 Å². The fourth-order valence-corrected chi connectivity index (χ4v) is 2.18. The van der Waals surface area contributed by atoms with Crippen LogP contribution in [-0.4, -0.2) is 18.2 Å². The van der Waals surface area contributed by atoms with Gasteiger partial charge in [0, 0.05) is 12.2 Å². The highest BCUT2D eigenvalue weighted by Crippen LogP contribution is 2.26. The number of rotatable bonds is 4. The van der Waals surface area contributed by atoms with E-state index in [4.69, 9.17) is 4.74 Å². The number of amides is 2. The van der Waals surface area contributed by atoms with Crippen LogP contribution in [0.3, 0.4) is 0 Å². The van der Waals surface area contributed by atoms with Gasteiger partial charge >= 0.3 is 6.03 Å². The summed E-state index contributed by atoms with van der Waals surface area (Å²) < 4.78 is 5.04. The molecular weight excluding hydrogens is 280 g/mol. The average molecular weight is 300 g/mol. The molecule has 0 saturated carbocycles. The van der Waals surface area contributed by atoms with E-state index in [1.165, 1.54) is 7.11 Å². The number of urea groups is 1. The topological polar surface area (TPSA) is 70.6 Å². The molecular formula is C17H20N2O3. The van der Waals surface area contributed by atoms with Crippen molar-refractivity contribution in [2.24, 2.45) is 0 Å². The highest BCUT2D eigenvalue weighted by Gasteiger charge is 2.08. The highest BCUT2D eigenvalue weighted by atomic mass is 16.5. The predicted molar refractivity (Wildman–Crippen MR) is 86.4 cm³/mol. The van der Waals surface area contributed by atoms with Crippen molar-refractivity contribution in [1.29, 1.82) is 0 Å². The predicted octanol–water partition coefficient (Wildman–Crippen LogP) is 3.34. The number of methoxy groups -OCH3 is 1. The summed E-state index contributed by atoms with van der Waals surface area (Å²) in [5.74, 6) is 0.459. The number of phenols is 1. The van der Waals surface area contributed by atoms with E-state index in [0.29, 0.717) is 12.3 Å². The monoisotopic (exact) mass is 300 g/mol. The number of ether oxygens (including phenoxy) is 1. The van der Waals surface area contributed by atoms with E-state index in [9.17, 15) is 9.90 Å². The summed E-state index contributed by atoms with van der Waals surface area (Å²) >= 11 is 0. The summed E-state index contributed by atoms with van der Waals surface area (Å²) in [4.78, 5) is 12.0. The molecule has 0 saturated heterocycles. The van der Waals surface area contributed by atoms with Crippen molar-refractivity contribution in [2.75, 3.05) is 12.4 Å². The number of hydrogen-bond acceptors (Lipinski definition) is 3. The Labute approximate surface area is 129 Å². The summed E-state index contributed by atoms with van der Waals surface area (Å²) in [6, 6.07) is 10.5. The van der Waals surface area contributed by atoms with Gasteiger partial charge in [0.05, 0.1) is 7.11 Å². The van der Waals surface area contributed by atoms with Gasteiger partial charge in [-0.2, -0.15) is 0 Å². The first kappa shape index (κ1) is 15.7. The summed E-state index contributed by atoms with van der Waals surface area (Å²) in [7, 11) is 1.49. The van der Waals surface area contributed by atoms with Crippen LogP contribution in [0.4, 0.5) is 10.5 Å². The average Bonchev–Trinajstić information content (AvgIpc) is 2.50. The van der Waals surface area contributed by atoms with Gasteiger partial charge in [0.2, 0.25) is 0 Å². The number of nitrogens with one attached hydrogen (secondary N) is 2. The third-order valence-corrected chi connectivity index (χ3v) is 3.42. The van der Waals surface area contributed by atoms with Crippen LogP contribution in [0.1, 0.15) is 16.7 Å². The van der Waals surface area contributed by atoms with E-state index in [1.54, 1.807) is 18.2 Å². The Morgan fingerprint density at radius 3 is 2.50 bits per heavy atom. The van der Waals surface area contributed by atoms with Gasteiger partial charge in [0.15, 0.2) is 11.5 Å². The van der Waals surface area contributed by atoms with Crippen LogP contribution < -0.4 is 15.4 Å². The maximum Gasteiger partial charge on any atom is 0.319 e. The van der Waals surface area contributed by atoms with Crippen molar-refractivity contribution < 1.29 is 14.6 Å². The molecule has 5 heteroatoms. The molecule has 0 aliphatic rings. The minimum atomic E-state index is -0.274. The molecule has 0 atom stereocenters. The maximum absolute atomic E-state index is 12.0. The van der Waals surface area contributed by atoms with Crippen molar-refractivity contribution >= 4 is 11.7 Å². The van der Waals surface area contributed by atoms with Gasteiger partial charge in [0.1, 0.15) is 0 Å². The van der Waals surface area contributed by atoms with Crippen LogP contribution in [0.5, 0.6) is 11.5 Å². The summed E-state index contributed by atoms with van der Waals surface area (Å²) in [6.45, 7) is 4.24. The standard InChI is InChI=1S/C17H20N2O3/c1-11-5-4-6-12(2)16(11)19-17(21)18-10-13-7-8-14(20)15(9-13)22-3/h4-9,20H,10H2,1-3H3,(H2,18,19,21). The first-order valence-electron chi connectivity index (χ1n) is 6.98. The number of aryl methyl sites for hydroxylation is 2. The van der Waals surface area contributed by atoms with E-state index < -0.39 is 0 Å². The van der Waals surface area contributed by atoms with Crippen molar-refractivity contribution in [3.63, 3.8) is 0 Å². The number of aromatic hydroxyl groups is 1. The number of carbonyl (C=O) groups excluding carboxylic acids is 1. The second-order valence-electron chi connectivity index (χ2n) is 5.08. The summed E-state index contributed by atoms with van der Waals surface area (Å²) in [5.41, 5.74) is 3.69. The van der Waals surface area contributed by atoms with E-state index in [-0.39, 0.29) is 11.8 Å². The number of anilines is 1.